The highest BCUT2D eigenvalue weighted by Gasteiger charge is 2.14. The first-order valence-electron chi connectivity index (χ1n) is 6.11. The van der Waals surface area contributed by atoms with Gasteiger partial charge in [0.1, 0.15) is 5.52 Å². The van der Waals surface area contributed by atoms with Crippen LogP contribution in [0, 0.1) is 11.3 Å². The quantitative estimate of drug-likeness (QED) is 0.741. The molecule has 0 fully saturated rings. The molecule has 21 heavy (non-hydrogen) atoms. The number of hydrogen-bond acceptors (Lipinski definition) is 4. The van der Waals surface area contributed by atoms with E-state index in [2.05, 4.69) is 5.32 Å². The van der Waals surface area contributed by atoms with Gasteiger partial charge in [0.15, 0.2) is 0 Å². The molecule has 0 aliphatic rings. The van der Waals surface area contributed by atoms with Crippen molar-refractivity contribution in [2.24, 2.45) is 0 Å². The Morgan fingerprint density at radius 3 is 2.81 bits per heavy atom. The van der Waals surface area contributed by atoms with Gasteiger partial charge >= 0.3 is 11.7 Å². The summed E-state index contributed by atoms with van der Waals surface area (Å²) >= 11 is 0. The maximum Gasteiger partial charge on any atom is 0.366 e. The van der Waals surface area contributed by atoms with Crippen LogP contribution < -0.4 is 10.9 Å². The molecule has 0 aliphatic heterocycles. The standard InChI is InChI=1S/C15H9N3O3/c16-9-10-4-3-5-11(8-10)17-15(20)18-13-7-2-1-6-12(13)14(19)21-18/h1-8H,(H,17,20). The monoisotopic (exact) mass is 279 g/mol. The zero-order chi connectivity index (χ0) is 14.8. The van der Waals surface area contributed by atoms with Crippen molar-refractivity contribution < 1.29 is 9.32 Å². The van der Waals surface area contributed by atoms with Crippen molar-refractivity contribution in [3.63, 3.8) is 0 Å². The average Bonchev–Trinajstić information content (AvgIpc) is 2.85. The number of nitriles is 1. The molecule has 1 amide bonds. The molecule has 6 heteroatoms. The Hall–Kier alpha value is -3.33. The van der Waals surface area contributed by atoms with Gasteiger partial charge in [0.2, 0.25) is 0 Å². The van der Waals surface area contributed by atoms with Crippen molar-refractivity contribution in [2.75, 3.05) is 5.32 Å². The number of benzene rings is 2. The number of anilines is 1. The first kappa shape index (κ1) is 12.7. The van der Waals surface area contributed by atoms with E-state index in [1.54, 1.807) is 42.5 Å². The van der Waals surface area contributed by atoms with Crippen molar-refractivity contribution >= 4 is 22.6 Å². The van der Waals surface area contributed by atoms with E-state index in [9.17, 15) is 9.59 Å². The Morgan fingerprint density at radius 1 is 1.19 bits per heavy atom. The van der Waals surface area contributed by atoms with Gasteiger partial charge in [-0.3, -0.25) is 0 Å². The number of para-hydroxylation sites is 1. The van der Waals surface area contributed by atoms with Crippen molar-refractivity contribution in [1.82, 2.24) is 4.74 Å². The van der Waals surface area contributed by atoms with Gasteiger partial charge in [0, 0.05) is 5.69 Å². The van der Waals surface area contributed by atoms with E-state index in [-0.39, 0.29) is 0 Å². The molecule has 6 nitrogen and oxygen atoms in total. The fourth-order valence-electron chi connectivity index (χ4n) is 2.00. The van der Waals surface area contributed by atoms with Crippen LogP contribution in [0.1, 0.15) is 5.56 Å². The predicted octanol–water partition coefficient (Wildman–Crippen LogP) is 2.55. The number of rotatable bonds is 1. The summed E-state index contributed by atoms with van der Waals surface area (Å²) in [5.74, 6) is 0. The van der Waals surface area contributed by atoms with E-state index in [0.29, 0.717) is 22.2 Å². The van der Waals surface area contributed by atoms with E-state index < -0.39 is 11.7 Å². The highest BCUT2D eigenvalue weighted by atomic mass is 16.5. The van der Waals surface area contributed by atoms with E-state index in [4.69, 9.17) is 9.78 Å². The molecule has 0 spiro atoms. The molecule has 1 aromatic heterocycles. The largest absolute Gasteiger partial charge is 0.366 e. The molecule has 0 unspecified atom stereocenters. The zero-order valence-electron chi connectivity index (χ0n) is 10.7. The van der Waals surface area contributed by atoms with Crippen LogP contribution in [0.25, 0.3) is 10.9 Å². The van der Waals surface area contributed by atoms with Crippen LogP contribution in [0.5, 0.6) is 0 Å². The number of fused-ring (bicyclic) bond motifs is 1. The molecular weight excluding hydrogens is 270 g/mol. The van der Waals surface area contributed by atoms with Gasteiger partial charge < -0.3 is 9.84 Å². The Bertz CT molecular complexity index is 931. The molecular formula is C15H9N3O3. The smallest absolute Gasteiger partial charge is 0.326 e. The van der Waals surface area contributed by atoms with E-state index in [1.807, 2.05) is 6.07 Å². The van der Waals surface area contributed by atoms with E-state index in [0.717, 1.165) is 4.74 Å². The maximum atomic E-state index is 12.2. The van der Waals surface area contributed by atoms with Gasteiger partial charge in [-0.25, -0.2) is 9.59 Å². The van der Waals surface area contributed by atoms with Gasteiger partial charge in [-0.2, -0.15) is 5.26 Å². The molecule has 0 bridgehead atoms. The average molecular weight is 279 g/mol. The second-order valence-corrected chi connectivity index (χ2v) is 4.31. The summed E-state index contributed by atoms with van der Waals surface area (Å²) in [4.78, 5) is 23.8. The highest BCUT2D eigenvalue weighted by molar-refractivity contribution is 5.96. The normalized spacial score (nSPS) is 10.2. The summed E-state index contributed by atoms with van der Waals surface area (Å²) in [5.41, 5.74) is 0.675. The lowest BCUT2D eigenvalue weighted by atomic mass is 10.2. The molecule has 3 rings (SSSR count). The van der Waals surface area contributed by atoms with Gasteiger partial charge in [0.05, 0.1) is 17.0 Å². The van der Waals surface area contributed by atoms with Crippen molar-refractivity contribution in [1.29, 1.82) is 5.26 Å². The molecule has 0 saturated carbocycles. The molecule has 0 aliphatic carbocycles. The molecule has 0 radical (unpaired) electrons. The minimum Gasteiger partial charge on any atom is -0.326 e. The van der Waals surface area contributed by atoms with Crippen molar-refractivity contribution in [3.8, 4) is 6.07 Å². The SMILES string of the molecule is N#Cc1cccc(NC(=O)n2oc(=O)c3ccccc32)c1. The first-order chi connectivity index (χ1) is 10.2. The van der Waals surface area contributed by atoms with Crippen LogP contribution in [-0.2, 0) is 0 Å². The number of hydrogen-bond donors (Lipinski definition) is 1. The minimum absolute atomic E-state index is 0.332. The number of amides is 1. The summed E-state index contributed by atoms with van der Waals surface area (Å²) in [6, 6.07) is 14.4. The minimum atomic E-state index is -0.608. The number of nitrogens with one attached hydrogen (secondary N) is 1. The van der Waals surface area contributed by atoms with Crippen LogP contribution in [0.4, 0.5) is 10.5 Å². The topological polar surface area (TPSA) is 88.0 Å². The van der Waals surface area contributed by atoms with E-state index in [1.165, 1.54) is 6.07 Å². The van der Waals surface area contributed by atoms with Crippen LogP contribution >= 0.6 is 0 Å². The second-order valence-electron chi connectivity index (χ2n) is 4.31. The van der Waals surface area contributed by atoms with Crippen molar-refractivity contribution in [3.05, 3.63) is 64.5 Å². The summed E-state index contributed by atoms with van der Waals surface area (Å²) in [7, 11) is 0. The molecule has 3 aromatic rings. The van der Waals surface area contributed by atoms with Crippen LogP contribution in [0.2, 0.25) is 0 Å². The third kappa shape index (κ3) is 2.28. The lowest BCUT2D eigenvalue weighted by Crippen LogP contribution is -2.18. The van der Waals surface area contributed by atoms with E-state index >= 15 is 0 Å². The van der Waals surface area contributed by atoms with Crippen LogP contribution in [-0.4, -0.2) is 10.8 Å². The summed E-state index contributed by atoms with van der Waals surface area (Å²) in [6.07, 6.45) is 0. The Morgan fingerprint density at radius 2 is 2.00 bits per heavy atom. The summed E-state index contributed by atoms with van der Waals surface area (Å²) < 4.78 is 5.84. The molecule has 1 heterocycles. The highest BCUT2D eigenvalue weighted by Crippen LogP contribution is 2.13. The third-order valence-electron chi connectivity index (χ3n) is 2.94. The zero-order valence-corrected chi connectivity index (χ0v) is 10.7. The van der Waals surface area contributed by atoms with Crippen LogP contribution in [0.15, 0.2) is 57.8 Å². The Kier molecular flexibility index (Phi) is 3.01. The fraction of sp³-hybridized carbons (Fsp3) is 0. The van der Waals surface area contributed by atoms with Gasteiger partial charge in [-0.15, -0.1) is 4.74 Å². The summed E-state index contributed by atoms with van der Waals surface area (Å²) in [5, 5.41) is 11.7. The maximum absolute atomic E-state index is 12.2. The lowest BCUT2D eigenvalue weighted by molar-refractivity contribution is 0.222. The van der Waals surface area contributed by atoms with Gasteiger partial charge in [0.25, 0.3) is 0 Å². The second kappa shape index (κ2) is 4.98. The molecule has 1 N–H and O–H groups in total. The number of aromatic nitrogens is 1. The predicted molar refractivity (Wildman–Crippen MR) is 76.0 cm³/mol. The number of nitrogens with zero attached hydrogens (tertiary/aromatic N) is 2. The number of carbonyl (C=O) groups is 1. The van der Waals surface area contributed by atoms with Gasteiger partial charge in [-0.05, 0) is 30.3 Å². The fourth-order valence-corrected chi connectivity index (χ4v) is 2.00. The first-order valence-corrected chi connectivity index (χ1v) is 6.11. The Balaban J connectivity index is 1.98. The summed E-state index contributed by atoms with van der Waals surface area (Å²) in [6.45, 7) is 0. The molecule has 0 atom stereocenters. The third-order valence-corrected chi connectivity index (χ3v) is 2.94. The van der Waals surface area contributed by atoms with Gasteiger partial charge in [-0.1, -0.05) is 18.2 Å². The van der Waals surface area contributed by atoms with Crippen LogP contribution in [0.3, 0.4) is 0 Å². The lowest BCUT2D eigenvalue weighted by Gasteiger charge is -2.05. The Labute approximate surface area is 118 Å². The number of carbonyl (C=O) groups excluding carboxylic acids is 1. The molecule has 2 aromatic carbocycles. The molecule has 102 valence electrons. The van der Waals surface area contributed by atoms with Crippen molar-refractivity contribution in [2.45, 2.75) is 0 Å². The molecule has 0 saturated heterocycles.